The molecule has 1 aliphatic heterocycles. The SMILES string of the molecule is CC(C)C(C)(S)[SiH]1CCCCO1. The topological polar surface area (TPSA) is 9.23 Å². The summed E-state index contributed by atoms with van der Waals surface area (Å²) >= 11 is 4.76. The molecule has 3 heteroatoms. The Morgan fingerprint density at radius 1 is 1.42 bits per heavy atom. The highest BCUT2D eigenvalue weighted by Gasteiger charge is 2.37. The summed E-state index contributed by atoms with van der Waals surface area (Å²) in [4.78, 5) is 0. The van der Waals surface area contributed by atoms with E-state index >= 15 is 0 Å². The van der Waals surface area contributed by atoms with Crippen molar-refractivity contribution in [2.75, 3.05) is 6.61 Å². The lowest BCUT2D eigenvalue weighted by Crippen LogP contribution is -2.46. The molecule has 0 N–H and O–H groups in total. The van der Waals surface area contributed by atoms with Crippen molar-refractivity contribution in [1.82, 2.24) is 0 Å². The zero-order chi connectivity index (χ0) is 9.19. The third kappa shape index (κ3) is 2.27. The van der Waals surface area contributed by atoms with Crippen LogP contribution in [0.25, 0.3) is 0 Å². The molecule has 1 aliphatic rings. The Kier molecular flexibility index (Phi) is 3.68. The molecule has 1 saturated heterocycles. The molecule has 0 aromatic rings. The smallest absolute Gasteiger partial charge is 0.192 e. The first kappa shape index (κ1) is 10.6. The number of rotatable bonds is 2. The summed E-state index contributed by atoms with van der Waals surface area (Å²) in [5.74, 6) is 0.635. The second-order valence-electron chi connectivity index (χ2n) is 4.24. The Bertz CT molecular complexity index is 141. The van der Waals surface area contributed by atoms with E-state index < -0.39 is 9.04 Å². The molecule has 2 unspecified atom stereocenters. The molecule has 0 aliphatic carbocycles. The van der Waals surface area contributed by atoms with Gasteiger partial charge in [0.05, 0.1) is 0 Å². The van der Waals surface area contributed by atoms with Gasteiger partial charge in [-0.25, -0.2) is 0 Å². The standard InChI is InChI=1S/C9H20OSSi/c1-8(2)9(3,11)12-7-5-4-6-10-12/h8,11-12H,4-7H2,1-3H3. The number of hydrogen-bond donors (Lipinski definition) is 1. The summed E-state index contributed by atoms with van der Waals surface area (Å²) < 4.78 is 6.05. The van der Waals surface area contributed by atoms with E-state index in [4.69, 9.17) is 17.1 Å². The summed E-state index contributed by atoms with van der Waals surface area (Å²) in [6.45, 7) is 7.73. The van der Waals surface area contributed by atoms with E-state index in [1.54, 1.807) is 0 Å². The highest BCUT2D eigenvalue weighted by molar-refractivity contribution is 7.83. The van der Waals surface area contributed by atoms with Crippen LogP contribution in [0.15, 0.2) is 0 Å². The minimum absolute atomic E-state index is 0.181. The second kappa shape index (κ2) is 4.16. The van der Waals surface area contributed by atoms with Crippen molar-refractivity contribution in [2.24, 2.45) is 5.92 Å². The van der Waals surface area contributed by atoms with Crippen LogP contribution < -0.4 is 0 Å². The van der Waals surface area contributed by atoms with Gasteiger partial charge in [-0.05, 0) is 18.4 Å². The average molecular weight is 204 g/mol. The van der Waals surface area contributed by atoms with Crippen LogP contribution in [0.3, 0.4) is 0 Å². The van der Waals surface area contributed by atoms with Gasteiger partial charge in [-0.1, -0.05) is 27.2 Å². The third-order valence-corrected chi connectivity index (χ3v) is 7.92. The van der Waals surface area contributed by atoms with Crippen molar-refractivity contribution >= 4 is 21.7 Å². The van der Waals surface area contributed by atoms with E-state index in [1.165, 1.54) is 18.9 Å². The molecule has 0 radical (unpaired) electrons. The summed E-state index contributed by atoms with van der Waals surface area (Å²) in [5.41, 5.74) is 0. The summed E-state index contributed by atoms with van der Waals surface area (Å²) in [6, 6.07) is 1.32. The van der Waals surface area contributed by atoms with Gasteiger partial charge in [0.15, 0.2) is 9.04 Å². The number of thiol groups is 1. The summed E-state index contributed by atoms with van der Waals surface area (Å²) in [5, 5.41) is 0. The highest BCUT2D eigenvalue weighted by Crippen LogP contribution is 2.32. The van der Waals surface area contributed by atoms with Crippen molar-refractivity contribution in [3.8, 4) is 0 Å². The van der Waals surface area contributed by atoms with Crippen LogP contribution in [-0.4, -0.2) is 20.0 Å². The van der Waals surface area contributed by atoms with Crippen molar-refractivity contribution < 1.29 is 4.43 Å². The van der Waals surface area contributed by atoms with Gasteiger partial charge in [0.2, 0.25) is 0 Å². The van der Waals surface area contributed by atoms with Gasteiger partial charge in [0.1, 0.15) is 0 Å². The maximum absolute atomic E-state index is 5.87. The van der Waals surface area contributed by atoms with Gasteiger partial charge in [0.25, 0.3) is 0 Å². The molecule has 0 amide bonds. The lowest BCUT2D eigenvalue weighted by Gasteiger charge is -2.37. The first-order valence-corrected chi connectivity index (χ1v) is 7.20. The van der Waals surface area contributed by atoms with Gasteiger partial charge in [-0.15, -0.1) is 0 Å². The molecule has 12 heavy (non-hydrogen) atoms. The van der Waals surface area contributed by atoms with Gasteiger partial charge in [-0.2, -0.15) is 12.6 Å². The van der Waals surface area contributed by atoms with E-state index in [0.29, 0.717) is 5.92 Å². The fourth-order valence-corrected chi connectivity index (χ4v) is 5.13. The Labute approximate surface area is 83.0 Å². The first-order chi connectivity index (χ1) is 5.55. The molecule has 0 aromatic heterocycles. The van der Waals surface area contributed by atoms with Crippen molar-refractivity contribution in [2.45, 2.75) is 44.0 Å². The molecule has 0 saturated carbocycles. The van der Waals surface area contributed by atoms with Crippen LogP contribution in [-0.2, 0) is 4.43 Å². The zero-order valence-corrected chi connectivity index (χ0v) is 10.4. The predicted molar refractivity (Wildman–Crippen MR) is 59.4 cm³/mol. The normalized spacial score (nSPS) is 30.2. The quantitative estimate of drug-likeness (QED) is 0.537. The molecule has 0 aromatic carbocycles. The zero-order valence-electron chi connectivity index (χ0n) is 8.34. The van der Waals surface area contributed by atoms with Gasteiger partial charge < -0.3 is 4.43 Å². The Morgan fingerprint density at radius 2 is 2.08 bits per heavy atom. The van der Waals surface area contributed by atoms with Crippen LogP contribution in [0.5, 0.6) is 0 Å². The average Bonchev–Trinajstić information content (AvgIpc) is 2.06. The minimum Gasteiger partial charge on any atom is -0.419 e. The second-order valence-corrected chi connectivity index (χ2v) is 8.77. The fourth-order valence-electron chi connectivity index (χ4n) is 1.57. The van der Waals surface area contributed by atoms with Crippen LogP contribution >= 0.6 is 12.6 Å². The molecule has 2 atom stereocenters. The predicted octanol–water partition coefficient (Wildman–Crippen LogP) is 2.40. The summed E-state index contributed by atoms with van der Waals surface area (Å²) in [7, 11) is -1.03. The number of hydrogen-bond acceptors (Lipinski definition) is 2. The fraction of sp³-hybridized carbons (Fsp3) is 1.00. The largest absolute Gasteiger partial charge is 0.419 e. The Hall–Kier alpha value is 0.527. The van der Waals surface area contributed by atoms with Gasteiger partial charge >= 0.3 is 0 Å². The molecular formula is C9H20OSSi. The Balaban J connectivity index is 2.53. The lowest BCUT2D eigenvalue weighted by atomic mass is 10.1. The highest BCUT2D eigenvalue weighted by atomic mass is 32.1. The van der Waals surface area contributed by atoms with Crippen LogP contribution in [0.2, 0.25) is 6.04 Å². The first-order valence-electron chi connectivity index (χ1n) is 4.89. The van der Waals surface area contributed by atoms with Crippen LogP contribution in [0, 0.1) is 5.92 Å². The molecule has 1 fully saturated rings. The summed E-state index contributed by atoms with van der Waals surface area (Å²) in [6.07, 6.45) is 2.62. The van der Waals surface area contributed by atoms with E-state index in [2.05, 4.69) is 20.8 Å². The van der Waals surface area contributed by atoms with E-state index in [1.807, 2.05) is 0 Å². The molecule has 0 bridgehead atoms. The van der Waals surface area contributed by atoms with Crippen molar-refractivity contribution in [3.63, 3.8) is 0 Å². The molecule has 1 heterocycles. The van der Waals surface area contributed by atoms with Crippen molar-refractivity contribution in [1.29, 1.82) is 0 Å². The van der Waals surface area contributed by atoms with Gasteiger partial charge in [-0.3, -0.25) is 0 Å². The lowest BCUT2D eigenvalue weighted by molar-refractivity contribution is 0.271. The molecule has 0 spiro atoms. The van der Waals surface area contributed by atoms with E-state index in [9.17, 15) is 0 Å². The molecule has 1 nitrogen and oxygen atoms in total. The molecule has 72 valence electrons. The maximum Gasteiger partial charge on any atom is 0.192 e. The third-order valence-electron chi connectivity index (χ3n) is 3.00. The van der Waals surface area contributed by atoms with E-state index in [0.717, 1.165) is 6.61 Å². The minimum atomic E-state index is -1.03. The molecular weight excluding hydrogens is 184 g/mol. The maximum atomic E-state index is 5.87. The van der Waals surface area contributed by atoms with Gasteiger partial charge in [0, 0.05) is 11.0 Å². The Morgan fingerprint density at radius 3 is 2.50 bits per heavy atom. The van der Waals surface area contributed by atoms with E-state index in [-0.39, 0.29) is 4.37 Å². The van der Waals surface area contributed by atoms with Crippen LogP contribution in [0.1, 0.15) is 33.6 Å². The monoisotopic (exact) mass is 204 g/mol. The van der Waals surface area contributed by atoms with Crippen LogP contribution in [0.4, 0.5) is 0 Å². The van der Waals surface area contributed by atoms with Crippen molar-refractivity contribution in [3.05, 3.63) is 0 Å². The molecule has 1 rings (SSSR count).